The summed E-state index contributed by atoms with van der Waals surface area (Å²) in [5, 5.41) is 5.81. The third-order valence-corrected chi connectivity index (χ3v) is 4.38. The second-order valence-corrected chi connectivity index (χ2v) is 6.78. The number of hydrogen-bond acceptors (Lipinski definition) is 3. The number of carbonyl (C=O) groups excluding carboxylic acids is 1. The molecule has 0 aliphatic carbocycles. The van der Waals surface area contributed by atoms with Crippen LogP contribution in [0.2, 0.25) is 0 Å². The van der Waals surface area contributed by atoms with Crippen molar-refractivity contribution in [2.24, 2.45) is 0 Å². The molecule has 1 aromatic heterocycles. The van der Waals surface area contributed by atoms with Gasteiger partial charge < -0.3 is 10.1 Å². The van der Waals surface area contributed by atoms with Crippen LogP contribution in [0.5, 0.6) is 5.75 Å². The summed E-state index contributed by atoms with van der Waals surface area (Å²) in [6.45, 7) is 1.79. The van der Waals surface area contributed by atoms with E-state index in [-0.39, 0.29) is 17.8 Å². The van der Waals surface area contributed by atoms with E-state index in [0.717, 1.165) is 23.8 Å². The molecule has 0 radical (unpaired) electrons. The average Bonchev–Trinajstić information content (AvgIpc) is 3.18. The number of alkyl halides is 6. The molecule has 0 spiro atoms. The van der Waals surface area contributed by atoms with Crippen molar-refractivity contribution < 1.29 is 35.9 Å². The summed E-state index contributed by atoms with van der Waals surface area (Å²) in [4.78, 5) is 12.3. The van der Waals surface area contributed by atoms with Gasteiger partial charge >= 0.3 is 12.4 Å². The van der Waals surface area contributed by atoms with Crippen LogP contribution in [0.4, 0.5) is 26.3 Å². The Morgan fingerprint density at radius 3 is 2.34 bits per heavy atom. The van der Waals surface area contributed by atoms with Gasteiger partial charge in [0, 0.05) is 0 Å². The second-order valence-electron chi connectivity index (χ2n) is 6.78. The van der Waals surface area contributed by atoms with Crippen molar-refractivity contribution in [3.8, 4) is 11.4 Å². The molecule has 0 saturated carbocycles. The Balaban J connectivity index is 1.78. The van der Waals surface area contributed by atoms with E-state index in [1.807, 2.05) is 19.1 Å². The first kappa shape index (κ1) is 23.2. The lowest BCUT2D eigenvalue weighted by Gasteiger charge is -2.14. The zero-order valence-electron chi connectivity index (χ0n) is 16.6. The summed E-state index contributed by atoms with van der Waals surface area (Å²) >= 11 is 0. The number of nitrogens with zero attached hydrogens (tertiary/aromatic N) is 2. The predicted molar refractivity (Wildman–Crippen MR) is 103 cm³/mol. The lowest BCUT2D eigenvalue weighted by Crippen LogP contribution is -2.30. The normalized spacial score (nSPS) is 12.0. The highest BCUT2D eigenvalue weighted by molar-refractivity contribution is 5.95. The van der Waals surface area contributed by atoms with Crippen molar-refractivity contribution in [1.29, 1.82) is 0 Å². The van der Waals surface area contributed by atoms with Crippen molar-refractivity contribution in [3.05, 3.63) is 77.1 Å². The van der Waals surface area contributed by atoms with Crippen LogP contribution in [-0.4, -0.2) is 28.8 Å². The van der Waals surface area contributed by atoms with E-state index in [2.05, 4.69) is 10.4 Å². The quantitative estimate of drug-likeness (QED) is 0.418. The summed E-state index contributed by atoms with van der Waals surface area (Å²) in [5.41, 5.74) is -2.89. The van der Waals surface area contributed by atoms with Gasteiger partial charge in [0.15, 0.2) is 5.69 Å². The molecule has 0 aliphatic heterocycles. The predicted octanol–water partition coefficient (Wildman–Crippen LogP) is 5.03. The molecule has 170 valence electrons. The molecular weight excluding hydrogens is 440 g/mol. The largest absolute Gasteiger partial charge is 0.492 e. The maximum absolute atomic E-state index is 13.7. The third-order valence-electron chi connectivity index (χ3n) is 4.38. The number of rotatable bonds is 6. The first-order valence-electron chi connectivity index (χ1n) is 9.27. The molecule has 0 bridgehead atoms. The highest BCUT2D eigenvalue weighted by Crippen LogP contribution is 2.35. The van der Waals surface area contributed by atoms with Crippen molar-refractivity contribution in [1.82, 2.24) is 15.1 Å². The molecule has 0 atom stereocenters. The SMILES string of the molecule is Cc1ccc(OCCNC(=O)c2cnn(-c3cccc(C(F)(F)F)c3)c2C(F)(F)F)cc1. The number of aromatic nitrogens is 2. The molecule has 0 saturated heterocycles. The molecule has 3 rings (SSSR count). The Labute approximate surface area is 178 Å². The van der Waals surface area contributed by atoms with Gasteiger partial charge in [0.25, 0.3) is 5.91 Å². The van der Waals surface area contributed by atoms with E-state index in [1.165, 1.54) is 0 Å². The molecule has 11 heteroatoms. The fourth-order valence-electron chi connectivity index (χ4n) is 2.86. The highest BCUT2D eigenvalue weighted by Gasteiger charge is 2.41. The Bertz CT molecular complexity index is 1090. The highest BCUT2D eigenvalue weighted by atomic mass is 19.4. The van der Waals surface area contributed by atoms with E-state index in [4.69, 9.17) is 4.74 Å². The maximum atomic E-state index is 13.7. The summed E-state index contributed by atoms with van der Waals surface area (Å²) in [6, 6.07) is 10.3. The summed E-state index contributed by atoms with van der Waals surface area (Å²) in [6.07, 6.45) is -9.13. The van der Waals surface area contributed by atoms with E-state index >= 15 is 0 Å². The molecule has 1 N–H and O–H groups in total. The number of nitrogens with one attached hydrogen (secondary N) is 1. The van der Waals surface area contributed by atoms with Gasteiger partial charge in [-0.25, -0.2) is 4.68 Å². The van der Waals surface area contributed by atoms with Gasteiger partial charge in [0.05, 0.1) is 29.6 Å². The molecule has 1 heterocycles. The topological polar surface area (TPSA) is 56.1 Å². The molecular formula is C21H17F6N3O2. The van der Waals surface area contributed by atoms with Crippen LogP contribution >= 0.6 is 0 Å². The van der Waals surface area contributed by atoms with Crippen LogP contribution in [-0.2, 0) is 12.4 Å². The van der Waals surface area contributed by atoms with E-state index in [1.54, 1.807) is 12.1 Å². The Kier molecular flexibility index (Phi) is 6.47. The fourth-order valence-corrected chi connectivity index (χ4v) is 2.86. The molecule has 3 aromatic rings. The summed E-state index contributed by atoms with van der Waals surface area (Å²) in [5.74, 6) is -0.554. The fraction of sp³-hybridized carbons (Fsp3) is 0.238. The lowest BCUT2D eigenvalue weighted by molar-refractivity contribution is -0.143. The van der Waals surface area contributed by atoms with Crippen molar-refractivity contribution >= 4 is 5.91 Å². The van der Waals surface area contributed by atoms with E-state index in [9.17, 15) is 31.1 Å². The number of amides is 1. The van der Waals surface area contributed by atoms with Gasteiger partial charge in [0.2, 0.25) is 0 Å². The van der Waals surface area contributed by atoms with Crippen molar-refractivity contribution in [3.63, 3.8) is 0 Å². The molecule has 2 aromatic carbocycles. The van der Waals surface area contributed by atoms with Crippen molar-refractivity contribution in [2.45, 2.75) is 19.3 Å². The van der Waals surface area contributed by atoms with Gasteiger partial charge in [-0.05, 0) is 37.3 Å². The molecule has 0 aliphatic rings. The Hall–Kier alpha value is -3.50. The molecule has 0 unspecified atom stereocenters. The molecule has 0 fully saturated rings. The number of carbonyl (C=O) groups is 1. The summed E-state index contributed by atoms with van der Waals surface area (Å²) < 4.78 is 85.5. The molecule has 1 amide bonds. The van der Waals surface area contributed by atoms with Crippen LogP contribution in [0.3, 0.4) is 0 Å². The third kappa shape index (κ3) is 5.40. The van der Waals surface area contributed by atoms with Crippen molar-refractivity contribution in [2.75, 3.05) is 13.2 Å². The number of hydrogen-bond donors (Lipinski definition) is 1. The monoisotopic (exact) mass is 457 g/mol. The first-order valence-corrected chi connectivity index (χ1v) is 9.27. The Morgan fingerprint density at radius 1 is 1.03 bits per heavy atom. The van der Waals surface area contributed by atoms with Crippen LogP contribution in [0, 0.1) is 6.92 Å². The number of aryl methyl sites for hydroxylation is 1. The average molecular weight is 457 g/mol. The standard InChI is InChI=1S/C21H17F6N3O2/c1-13-5-7-16(8-6-13)32-10-9-28-19(31)17-12-29-30(18(17)21(25,26)27)15-4-2-3-14(11-15)20(22,23)24/h2-8,11-12H,9-10H2,1H3,(H,28,31). The Morgan fingerprint density at radius 2 is 1.72 bits per heavy atom. The molecule has 32 heavy (non-hydrogen) atoms. The maximum Gasteiger partial charge on any atom is 0.434 e. The minimum absolute atomic E-state index is 0.00207. The smallest absolute Gasteiger partial charge is 0.434 e. The first-order chi connectivity index (χ1) is 15.0. The van der Waals surface area contributed by atoms with E-state index in [0.29, 0.717) is 18.0 Å². The number of ether oxygens (including phenoxy) is 1. The van der Waals surface area contributed by atoms with Gasteiger partial charge in [-0.2, -0.15) is 31.4 Å². The van der Waals surface area contributed by atoms with Gasteiger partial charge in [-0.3, -0.25) is 4.79 Å². The van der Waals surface area contributed by atoms with Crippen LogP contribution < -0.4 is 10.1 Å². The molecule has 5 nitrogen and oxygen atoms in total. The number of halogens is 6. The minimum Gasteiger partial charge on any atom is -0.492 e. The van der Waals surface area contributed by atoms with E-state index < -0.39 is 40.8 Å². The van der Waals surface area contributed by atoms with Crippen LogP contribution in [0.15, 0.2) is 54.7 Å². The zero-order chi connectivity index (χ0) is 23.5. The van der Waals surface area contributed by atoms with Crippen LogP contribution in [0.25, 0.3) is 5.69 Å². The number of benzene rings is 2. The van der Waals surface area contributed by atoms with Crippen LogP contribution in [0.1, 0.15) is 27.2 Å². The summed E-state index contributed by atoms with van der Waals surface area (Å²) in [7, 11) is 0. The van der Waals surface area contributed by atoms with Gasteiger partial charge in [-0.1, -0.05) is 23.8 Å². The minimum atomic E-state index is -5.05. The van der Waals surface area contributed by atoms with Gasteiger partial charge in [-0.15, -0.1) is 0 Å². The zero-order valence-corrected chi connectivity index (χ0v) is 16.6. The second kappa shape index (κ2) is 8.93. The van der Waals surface area contributed by atoms with Gasteiger partial charge in [0.1, 0.15) is 12.4 Å². The lowest BCUT2D eigenvalue weighted by atomic mass is 10.1.